The second-order valence-electron chi connectivity index (χ2n) is 7.11. The number of nitrogens with zero attached hydrogens (tertiary/aromatic N) is 1. The SMILES string of the molecule is CCCNC(C1CCOC1)C(C)(C)N1CCCCCC1. The fourth-order valence-corrected chi connectivity index (χ4v) is 3.95. The van der Waals surface area contributed by atoms with Gasteiger partial charge < -0.3 is 10.1 Å². The number of rotatable bonds is 6. The monoisotopic (exact) mass is 282 g/mol. The molecule has 20 heavy (non-hydrogen) atoms. The van der Waals surface area contributed by atoms with Crippen LogP contribution in [-0.2, 0) is 4.74 Å². The smallest absolute Gasteiger partial charge is 0.0510 e. The molecule has 2 rings (SSSR count). The molecule has 0 amide bonds. The van der Waals surface area contributed by atoms with Gasteiger partial charge in [0.05, 0.1) is 6.61 Å². The van der Waals surface area contributed by atoms with Gasteiger partial charge >= 0.3 is 0 Å². The number of hydrogen-bond acceptors (Lipinski definition) is 3. The third-order valence-corrected chi connectivity index (χ3v) is 5.23. The molecule has 0 aliphatic carbocycles. The minimum Gasteiger partial charge on any atom is -0.381 e. The summed E-state index contributed by atoms with van der Waals surface area (Å²) in [6.45, 7) is 12.7. The maximum Gasteiger partial charge on any atom is 0.0510 e. The first-order valence-electron chi connectivity index (χ1n) is 8.72. The van der Waals surface area contributed by atoms with Crippen molar-refractivity contribution in [2.75, 3.05) is 32.8 Å². The molecule has 2 heterocycles. The van der Waals surface area contributed by atoms with Gasteiger partial charge in [-0.3, -0.25) is 4.90 Å². The Hall–Kier alpha value is -0.120. The summed E-state index contributed by atoms with van der Waals surface area (Å²) >= 11 is 0. The fourth-order valence-electron chi connectivity index (χ4n) is 3.95. The molecule has 0 aromatic heterocycles. The van der Waals surface area contributed by atoms with Crippen LogP contribution in [0.15, 0.2) is 0 Å². The highest BCUT2D eigenvalue weighted by Gasteiger charge is 2.40. The van der Waals surface area contributed by atoms with Gasteiger partial charge in [-0.05, 0) is 59.2 Å². The second kappa shape index (κ2) is 7.77. The molecule has 2 saturated heterocycles. The van der Waals surface area contributed by atoms with Crippen molar-refractivity contribution in [1.82, 2.24) is 10.2 Å². The third-order valence-electron chi connectivity index (χ3n) is 5.23. The number of hydrogen-bond donors (Lipinski definition) is 1. The molecule has 118 valence electrons. The zero-order chi connectivity index (χ0) is 14.4. The minimum atomic E-state index is 0.234. The van der Waals surface area contributed by atoms with Gasteiger partial charge in [0, 0.05) is 24.1 Å². The molecule has 2 fully saturated rings. The molecule has 2 aliphatic heterocycles. The lowest BCUT2D eigenvalue weighted by Gasteiger charge is -2.46. The summed E-state index contributed by atoms with van der Waals surface area (Å²) in [4.78, 5) is 2.74. The predicted octanol–water partition coefficient (Wildman–Crippen LogP) is 3.05. The topological polar surface area (TPSA) is 24.5 Å². The van der Waals surface area contributed by atoms with Gasteiger partial charge in [0.15, 0.2) is 0 Å². The van der Waals surface area contributed by atoms with Crippen molar-refractivity contribution in [2.45, 2.75) is 70.9 Å². The average Bonchev–Trinajstić information content (AvgIpc) is 2.79. The van der Waals surface area contributed by atoms with E-state index in [1.165, 1.54) is 51.6 Å². The summed E-state index contributed by atoms with van der Waals surface area (Å²) in [6.07, 6.45) is 7.98. The zero-order valence-corrected chi connectivity index (χ0v) is 13.8. The summed E-state index contributed by atoms with van der Waals surface area (Å²) in [6, 6.07) is 0.558. The summed E-state index contributed by atoms with van der Waals surface area (Å²) < 4.78 is 5.67. The van der Waals surface area contributed by atoms with E-state index in [0.29, 0.717) is 12.0 Å². The Kier molecular flexibility index (Phi) is 6.31. The first-order chi connectivity index (χ1) is 9.66. The zero-order valence-electron chi connectivity index (χ0n) is 13.8. The molecular formula is C17H34N2O. The normalized spacial score (nSPS) is 27.4. The van der Waals surface area contributed by atoms with Crippen molar-refractivity contribution in [3.05, 3.63) is 0 Å². The first-order valence-corrected chi connectivity index (χ1v) is 8.72. The Labute approximate surface area is 125 Å². The van der Waals surface area contributed by atoms with E-state index in [0.717, 1.165) is 19.8 Å². The van der Waals surface area contributed by atoms with Crippen molar-refractivity contribution in [3.63, 3.8) is 0 Å². The Morgan fingerprint density at radius 2 is 1.90 bits per heavy atom. The maximum atomic E-state index is 5.67. The predicted molar refractivity (Wildman–Crippen MR) is 85.1 cm³/mol. The number of likely N-dealkylation sites (tertiary alicyclic amines) is 1. The van der Waals surface area contributed by atoms with Crippen molar-refractivity contribution in [2.24, 2.45) is 5.92 Å². The first kappa shape index (κ1) is 16.3. The molecule has 0 bridgehead atoms. The lowest BCUT2D eigenvalue weighted by atomic mass is 9.82. The second-order valence-corrected chi connectivity index (χ2v) is 7.11. The molecule has 2 aliphatic rings. The molecule has 1 N–H and O–H groups in total. The Bertz CT molecular complexity index is 266. The molecule has 2 atom stereocenters. The molecular weight excluding hydrogens is 248 g/mol. The van der Waals surface area contributed by atoms with Crippen LogP contribution < -0.4 is 5.32 Å². The van der Waals surface area contributed by atoms with Gasteiger partial charge in [0.2, 0.25) is 0 Å². The van der Waals surface area contributed by atoms with Gasteiger partial charge in [-0.1, -0.05) is 19.8 Å². The number of ether oxygens (including phenoxy) is 1. The lowest BCUT2D eigenvalue weighted by Crippen LogP contribution is -2.61. The molecule has 0 aromatic carbocycles. The molecule has 2 unspecified atom stereocenters. The fraction of sp³-hybridized carbons (Fsp3) is 1.00. The van der Waals surface area contributed by atoms with E-state index in [9.17, 15) is 0 Å². The van der Waals surface area contributed by atoms with Gasteiger partial charge in [0.1, 0.15) is 0 Å². The Balaban J connectivity index is 2.06. The molecule has 0 saturated carbocycles. The summed E-state index contributed by atoms with van der Waals surface area (Å²) in [5, 5.41) is 3.85. The van der Waals surface area contributed by atoms with Crippen LogP contribution in [0.2, 0.25) is 0 Å². The van der Waals surface area contributed by atoms with Crippen LogP contribution in [0.3, 0.4) is 0 Å². The van der Waals surface area contributed by atoms with Gasteiger partial charge in [-0.15, -0.1) is 0 Å². The van der Waals surface area contributed by atoms with E-state index in [-0.39, 0.29) is 5.54 Å². The largest absolute Gasteiger partial charge is 0.381 e. The van der Waals surface area contributed by atoms with E-state index in [1.54, 1.807) is 0 Å². The van der Waals surface area contributed by atoms with Gasteiger partial charge in [-0.2, -0.15) is 0 Å². The summed E-state index contributed by atoms with van der Waals surface area (Å²) in [5.41, 5.74) is 0.234. The molecule has 0 spiro atoms. The van der Waals surface area contributed by atoms with Crippen LogP contribution in [0.25, 0.3) is 0 Å². The van der Waals surface area contributed by atoms with Crippen LogP contribution >= 0.6 is 0 Å². The van der Waals surface area contributed by atoms with Crippen LogP contribution in [0.5, 0.6) is 0 Å². The van der Waals surface area contributed by atoms with Crippen LogP contribution in [-0.4, -0.2) is 49.3 Å². The van der Waals surface area contributed by atoms with Crippen molar-refractivity contribution in [3.8, 4) is 0 Å². The van der Waals surface area contributed by atoms with Gasteiger partial charge in [-0.25, -0.2) is 0 Å². The minimum absolute atomic E-state index is 0.234. The standard InChI is InChI=1S/C17H34N2O/c1-4-10-18-16(15-9-13-20-14-15)17(2,3)19-11-7-5-6-8-12-19/h15-16,18H,4-14H2,1-3H3. The molecule has 3 nitrogen and oxygen atoms in total. The van der Waals surface area contributed by atoms with E-state index in [2.05, 4.69) is 31.0 Å². The van der Waals surface area contributed by atoms with E-state index < -0.39 is 0 Å². The quantitative estimate of drug-likeness (QED) is 0.810. The highest BCUT2D eigenvalue weighted by Crippen LogP contribution is 2.31. The Morgan fingerprint density at radius 3 is 2.45 bits per heavy atom. The van der Waals surface area contributed by atoms with E-state index in [1.807, 2.05) is 0 Å². The molecule has 3 heteroatoms. The number of nitrogens with one attached hydrogen (secondary N) is 1. The van der Waals surface area contributed by atoms with E-state index >= 15 is 0 Å². The van der Waals surface area contributed by atoms with Gasteiger partial charge in [0.25, 0.3) is 0 Å². The van der Waals surface area contributed by atoms with Crippen LogP contribution in [0, 0.1) is 5.92 Å². The van der Waals surface area contributed by atoms with Crippen molar-refractivity contribution in [1.29, 1.82) is 0 Å². The molecule has 0 radical (unpaired) electrons. The lowest BCUT2D eigenvalue weighted by molar-refractivity contribution is 0.0538. The molecule has 0 aromatic rings. The summed E-state index contributed by atoms with van der Waals surface area (Å²) in [7, 11) is 0. The van der Waals surface area contributed by atoms with Crippen molar-refractivity contribution < 1.29 is 4.74 Å². The Morgan fingerprint density at radius 1 is 1.20 bits per heavy atom. The van der Waals surface area contributed by atoms with E-state index in [4.69, 9.17) is 4.74 Å². The third kappa shape index (κ3) is 3.96. The van der Waals surface area contributed by atoms with Crippen LogP contribution in [0.4, 0.5) is 0 Å². The average molecular weight is 282 g/mol. The van der Waals surface area contributed by atoms with Crippen molar-refractivity contribution >= 4 is 0 Å². The van der Waals surface area contributed by atoms with Crippen LogP contribution in [0.1, 0.15) is 59.3 Å². The highest BCUT2D eigenvalue weighted by molar-refractivity contribution is 4.98. The summed E-state index contributed by atoms with van der Waals surface area (Å²) in [5.74, 6) is 0.680. The maximum absolute atomic E-state index is 5.67. The highest BCUT2D eigenvalue weighted by atomic mass is 16.5.